The summed E-state index contributed by atoms with van der Waals surface area (Å²) in [6, 6.07) is 6.14. The fourth-order valence-corrected chi connectivity index (χ4v) is 3.84. The maximum atomic E-state index is 10.8. The van der Waals surface area contributed by atoms with Crippen molar-refractivity contribution < 1.29 is 23.9 Å². The molecule has 0 radical (unpaired) electrons. The number of ether oxygens (including phenoxy) is 4. The molecule has 1 aliphatic heterocycles. The molecule has 1 atom stereocenters. The van der Waals surface area contributed by atoms with E-state index in [1.54, 1.807) is 19.2 Å². The topological polar surface area (TPSA) is 80.1 Å². The van der Waals surface area contributed by atoms with Crippen LogP contribution in [0.3, 0.4) is 0 Å². The largest absolute Gasteiger partial charge is 0.493 e. The summed E-state index contributed by atoms with van der Waals surface area (Å²) in [5, 5.41) is 10.8. The van der Waals surface area contributed by atoms with Gasteiger partial charge in [0.15, 0.2) is 6.79 Å². The van der Waals surface area contributed by atoms with Gasteiger partial charge in [-0.2, -0.15) is 0 Å². The summed E-state index contributed by atoms with van der Waals surface area (Å²) in [4.78, 5) is 10.3. The molecule has 1 unspecified atom stereocenters. The van der Waals surface area contributed by atoms with Crippen LogP contribution in [0.2, 0.25) is 0 Å². The molecule has 0 N–H and O–H groups in total. The fraction of sp³-hybridized carbons (Fsp3) is 0.478. The Balaban J connectivity index is 1.69. The van der Waals surface area contributed by atoms with Crippen LogP contribution in [0.5, 0.6) is 17.2 Å². The molecule has 0 saturated heterocycles. The summed E-state index contributed by atoms with van der Waals surface area (Å²) in [6.07, 6.45) is 2.49. The lowest BCUT2D eigenvalue weighted by Crippen LogP contribution is -2.38. The Labute approximate surface area is 177 Å². The van der Waals surface area contributed by atoms with E-state index in [9.17, 15) is 10.1 Å². The first-order valence-corrected chi connectivity index (χ1v) is 10.1. The highest BCUT2D eigenvalue weighted by Gasteiger charge is 2.34. The van der Waals surface area contributed by atoms with Gasteiger partial charge in [0.05, 0.1) is 11.5 Å². The fourth-order valence-electron chi connectivity index (χ4n) is 3.84. The van der Waals surface area contributed by atoms with E-state index in [0.717, 1.165) is 41.0 Å². The molecule has 0 fully saturated rings. The number of nitro benzene ring substituents is 1. The Bertz CT molecular complexity index is 925. The van der Waals surface area contributed by atoms with Crippen molar-refractivity contribution in [2.75, 3.05) is 20.5 Å². The molecule has 162 valence electrons. The van der Waals surface area contributed by atoms with Crippen LogP contribution in [0.4, 0.5) is 5.69 Å². The monoisotopic (exact) mass is 415 g/mol. The summed E-state index contributed by atoms with van der Waals surface area (Å²) < 4.78 is 23.2. The molecule has 0 saturated carbocycles. The van der Waals surface area contributed by atoms with Gasteiger partial charge >= 0.3 is 0 Å². The van der Waals surface area contributed by atoms with Crippen LogP contribution in [-0.2, 0) is 11.2 Å². The van der Waals surface area contributed by atoms with Crippen LogP contribution >= 0.6 is 0 Å². The van der Waals surface area contributed by atoms with Gasteiger partial charge in [0.1, 0.15) is 22.8 Å². The standard InChI is InChI=1S/C23H29NO6/c1-15-16(2)22-20(17(3)21(15)29-14-27-5)10-11-23(4,30-22)12-13-28-19-8-6-18(7-9-19)24(25)26/h6-9H,10-14H2,1-5H3. The molecule has 0 aromatic heterocycles. The third kappa shape index (κ3) is 4.51. The van der Waals surface area contributed by atoms with Gasteiger partial charge in [-0.1, -0.05) is 0 Å². The van der Waals surface area contributed by atoms with Crippen molar-refractivity contribution in [1.29, 1.82) is 0 Å². The number of nitro groups is 1. The van der Waals surface area contributed by atoms with Gasteiger partial charge in [0.2, 0.25) is 0 Å². The average Bonchev–Trinajstić information content (AvgIpc) is 2.72. The Morgan fingerprint density at radius 2 is 1.80 bits per heavy atom. The lowest BCUT2D eigenvalue weighted by molar-refractivity contribution is -0.384. The molecule has 7 heteroatoms. The summed E-state index contributed by atoms with van der Waals surface area (Å²) >= 11 is 0. The van der Waals surface area contributed by atoms with Crippen molar-refractivity contribution >= 4 is 5.69 Å². The Morgan fingerprint density at radius 1 is 1.10 bits per heavy atom. The third-order valence-corrected chi connectivity index (χ3v) is 5.83. The van der Waals surface area contributed by atoms with E-state index in [4.69, 9.17) is 18.9 Å². The van der Waals surface area contributed by atoms with E-state index in [0.29, 0.717) is 18.8 Å². The highest BCUT2D eigenvalue weighted by Crippen LogP contribution is 2.44. The Hall–Kier alpha value is -2.80. The van der Waals surface area contributed by atoms with Gasteiger partial charge in [-0.25, -0.2) is 0 Å². The van der Waals surface area contributed by atoms with Gasteiger partial charge in [-0.15, -0.1) is 0 Å². The number of rotatable bonds is 8. The second kappa shape index (κ2) is 8.92. The molecule has 2 aromatic rings. The number of fused-ring (bicyclic) bond motifs is 1. The lowest BCUT2D eigenvalue weighted by Gasteiger charge is -2.38. The minimum atomic E-state index is -0.420. The quantitative estimate of drug-likeness (QED) is 0.341. The minimum Gasteiger partial charge on any atom is -0.493 e. The molecule has 1 aliphatic rings. The van der Waals surface area contributed by atoms with Gasteiger partial charge in [0.25, 0.3) is 5.69 Å². The van der Waals surface area contributed by atoms with Gasteiger partial charge in [0, 0.05) is 31.2 Å². The number of nitrogens with zero attached hydrogens (tertiary/aromatic N) is 1. The Kier molecular flexibility index (Phi) is 6.51. The molecule has 3 rings (SSSR count). The molecule has 0 aliphatic carbocycles. The number of hydrogen-bond donors (Lipinski definition) is 0. The van der Waals surface area contributed by atoms with E-state index < -0.39 is 4.92 Å². The van der Waals surface area contributed by atoms with Crippen LogP contribution in [0.1, 0.15) is 42.0 Å². The second-order valence-corrected chi connectivity index (χ2v) is 7.96. The second-order valence-electron chi connectivity index (χ2n) is 7.96. The smallest absolute Gasteiger partial charge is 0.269 e. The number of benzene rings is 2. The van der Waals surface area contributed by atoms with Crippen molar-refractivity contribution in [3.05, 3.63) is 56.6 Å². The molecule has 30 heavy (non-hydrogen) atoms. The zero-order valence-corrected chi connectivity index (χ0v) is 18.2. The van der Waals surface area contributed by atoms with Gasteiger partial charge in [-0.3, -0.25) is 10.1 Å². The van der Waals surface area contributed by atoms with Crippen LogP contribution in [-0.4, -0.2) is 31.0 Å². The predicted octanol–water partition coefficient (Wildman–Crippen LogP) is 5.06. The first-order valence-electron chi connectivity index (χ1n) is 10.1. The zero-order valence-electron chi connectivity index (χ0n) is 18.2. The summed E-state index contributed by atoms with van der Waals surface area (Å²) in [5.74, 6) is 2.43. The van der Waals surface area contributed by atoms with Gasteiger partial charge < -0.3 is 18.9 Å². The van der Waals surface area contributed by atoms with Crippen molar-refractivity contribution in [2.24, 2.45) is 0 Å². The van der Waals surface area contributed by atoms with Crippen molar-refractivity contribution in [3.63, 3.8) is 0 Å². The first kappa shape index (κ1) is 21.9. The van der Waals surface area contributed by atoms with Crippen LogP contribution in [0, 0.1) is 30.9 Å². The van der Waals surface area contributed by atoms with Crippen LogP contribution in [0.15, 0.2) is 24.3 Å². The average molecular weight is 415 g/mol. The summed E-state index contributed by atoms with van der Waals surface area (Å²) in [7, 11) is 1.61. The summed E-state index contributed by atoms with van der Waals surface area (Å²) in [6.45, 7) is 8.97. The Morgan fingerprint density at radius 3 is 2.43 bits per heavy atom. The molecule has 0 bridgehead atoms. The molecule has 7 nitrogen and oxygen atoms in total. The molecule has 1 heterocycles. The number of hydrogen-bond acceptors (Lipinski definition) is 6. The molecule has 2 aromatic carbocycles. The number of methoxy groups -OCH3 is 1. The molecule has 0 spiro atoms. The van der Waals surface area contributed by atoms with Crippen molar-refractivity contribution in [3.8, 4) is 17.2 Å². The maximum absolute atomic E-state index is 10.8. The highest BCUT2D eigenvalue weighted by atomic mass is 16.7. The van der Waals surface area contributed by atoms with E-state index in [2.05, 4.69) is 20.8 Å². The minimum absolute atomic E-state index is 0.0524. The predicted molar refractivity (Wildman–Crippen MR) is 114 cm³/mol. The first-order chi connectivity index (χ1) is 14.3. The van der Waals surface area contributed by atoms with Crippen molar-refractivity contribution in [1.82, 2.24) is 0 Å². The molecular formula is C23H29NO6. The SMILES string of the molecule is COCOc1c(C)c(C)c2c(c1C)CCC(C)(CCOc1ccc([N+](=O)[O-])cc1)O2. The zero-order chi connectivity index (χ0) is 21.9. The lowest BCUT2D eigenvalue weighted by atomic mass is 9.86. The molecular weight excluding hydrogens is 386 g/mol. The van der Waals surface area contributed by atoms with E-state index >= 15 is 0 Å². The van der Waals surface area contributed by atoms with Gasteiger partial charge in [-0.05, 0) is 69.4 Å². The maximum Gasteiger partial charge on any atom is 0.269 e. The van der Waals surface area contributed by atoms with E-state index in [-0.39, 0.29) is 18.1 Å². The molecule has 0 amide bonds. The van der Waals surface area contributed by atoms with Crippen LogP contribution < -0.4 is 14.2 Å². The van der Waals surface area contributed by atoms with E-state index in [1.165, 1.54) is 17.7 Å². The normalized spacial score (nSPS) is 17.8. The summed E-state index contributed by atoms with van der Waals surface area (Å²) in [5.41, 5.74) is 4.16. The van der Waals surface area contributed by atoms with E-state index in [1.807, 2.05) is 6.92 Å². The van der Waals surface area contributed by atoms with Crippen LogP contribution in [0.25, 0.3) is 0 Å². The highest BCUT2D eigenvalue weighted by molar-refractivity contribution is 5.59. The van der Waals surface area contributed by atoms with Crippen molar-refractivity contribution in [2.45, 2.75) is 52.6 Å². The number of non-ortho nitro benzene ring substituents is 1. The third-order valence-electron chi connectivity index (χ3n) is 5.83.